The maximum absolute atomic E-state index is 9.75. The van der Waals surface area contributed by atoms with Gasteiger partial charge >= 0.3 is 0 Å². The monoisotopic (exact) mass is 892 g/mol. The molecule has 20 heteroatoms. The molecule has 4 heterocycles. The van der Waals surface area contributed by atoms with Crippen LogP contribution in [0.15, 0.2) is 49.4 Å². The molecule has 1 N–H and O–H groups in total. The highest BCUT2D eigenvalue weighted by Gasteiger charge is 2.29. The van der Waals surface area contributed by atoms with Crippen LogP contribution in [0.1, 0.15) is 44.2 Å². The fourth-order valence-electron chi connectivity index (χ4n) is 7.32. The molecule has 2 aliphatic rings. The van der Waals surface area contributed by atoms with E-state index in [4.69, 9.17) is 52.5 Å². The highest BCUT2D eigenvalue weighted by Crippen LogP contribution is 2.35. The Morgan fingerprint density at radius 3 is 1.95 bits per heavy atom. The van der Waals surface area contributed by atoms with E-state index < -0.39 is 0 Å². The Balaban J connectivity index is 0.935. The van der Waals surface area contributed by atoms with Crippen LogP contribution in [0.3, 0.4) is 0 Å². The second-order valence-corrected chi connectivity index (χ2v) is 15.2. The third kappa shape index (κ3) is 16.6. The number of nitrogens with zero attached hydrogens (tertiary/aromatic N) is 9. The lowest BCUT2D eigenvalue weighted by Crippen LogP contribution is -2.45. The smallest absolute Gasteiger partial charge is 0.257 e. The summed E-state index contributed by atoms with van der Waals surface area (Å²) < 4.78 is 59.9. The number of nitriles is 1. The van der Waals surface area contributed by atoms with Crippen molar-refractivity contribution in [2.24, 2.45) is 0 Å². The van der Waals surface area contributed by atoms with Gasteiger partial charge in [0.25, 0.3) is 5.88 Å². The summed E-state index contributed by atoms with van der Waals surface area (Å²) in [5.74, 6) is 1.31. The molecule has 64 heavy (non-hydrogen) atoms. The van der Waals surface area contributed by atoms with Gasteiger partial charge in [-0.05, 0) is 50.3 Å². The first kappa shape index (κ1) is 48.6. The molecule has 1 saturated heterocycles. The van der Waals surface area contributed by atoms with Crippen LogP contribution in [0.4, 0.5) is 11.6 Å². The lowest BCUT2D eigenvalue weighted by Gasteiger charge is -2.38. The van der Waals surface area contributed by atoms with E-state index in [1.54, 1.807) is 36.6 Å². The van der Waals surface area contributed by atoms with Gasteiger partial charge in [-0.25, -0.2) is 19.6 Å². The van der Waals surface area contributed by atoms with Gasteiger partial charge in [0.1, 0.15) is 42.9 Å². The van der Waals surface area contributed by atoms with Crippen molar-refractivity contribution < 1.29 is 47.4 Å². The molecule has 1 aliphatic heterocycles. The molecule has 1 saturated carbocycles. The van der Waals surface area contributed by atoms with Crippen molar-refractivity contribution in [3.63, 3.8) is 0 Å². The minimum absolute atomic E-state index is 0.247. The van der Waals surface area contributed by atoms with Crippen molar-refractivity contribution in [1.29, 1.82) is 5.26 Å². The van der Waals surface area contributed by atoms with Crippen molar-refractivity contribution in [2.45, 2.75) is 57.3 Å². The van der Waals surface area contributed by atoms with Gasteiger partial charge in [0.2, 0.25) is 5.95 Å². The fraction of sp³-hybridized carbons (Fsp3) is 0.636. The molecule has 1 aliphatic carbocycles. The first-order valence-electron chi connectivity index (χ1n) is 22.2. The predicted octanol–water partition coefficient (Wildman–Crippen LogP) is 3.96. The fourth-order valence-corrected chi connectivity index (χ4v) is 7.32. The number of aromatic nitrogens is 7. The van der Waals surface area contributed by atoms with Crippen molar-refractivity contribution in [2.75, 3.05) is 131 Å². The minimum atomic E-state index is -0.252. The highest BCUT2D eigenvalue weighted by atomic mass is 16.6. The van der Waals surface area contributed by atoms with Gasteiger partial charge in [0, 0.05) is 44.2 Å². The van der Waals surface area contributed by atoms with E-state index >= 15 is 0 Å². The van der Waals surface area contributed by atoms with Crippen molar-refractivity contribution >= 4 is 11.6 Å². The molecule has 0 spiro atoms. The summed E-state index contributed by atoms with van der Waals surface area (Å²) >= 11 is 0. The molecule has 0 bridgehead atoms. The van der Waals surface area contributed by atoms with Gasteiger partial charge < -0.3 is 52.7 Å². The molecule has 4 aromatic rings. The molecular formula is C44H64N10O10. The number of hydrogen-bond acceptors (Lipinski definition) is 18. The second kappa shape index (κ2) is 28.2. The maximum Gasteiger partial charge on any atom is 0.257 e. The number of ether oxygens (including phenoxy) is 10. The molecule has 0 amide bonds. The van der Waals surface area contributed by atoms with Crippen molar-refractivity contribution in [3.8, 4) is 28.8 Å². The zero-order chi connectivity index (χ0) is 44.4. The SMILES string of the molecule is COCCOCCOCCOCCOCCOCCOCCOc1nn([C@H]2CC[C@H](N3CCOCC3)CC2)cc1Nc1ncc(-c2ccc(C#N)c(O[C@@H](C)Cn3cncn3)c2)cn1. The molecule has 0 radical (unpaired) electrons. The Kier molecular flexibility index (Phi) is 21.4. The average molecular weight is 893 g/mol. The van der Waals surface area contributed by atoms with Crippen LogP contribution in [0.25, 0.3) is 11.1 Å². The number of benzene rings is 1. The van der Waals surface area contributed by atoms with Gasteiger partial charge in [-0.1, -0.05) is 6.07 Å². The molecule has 6 rings (SSSR count). The van der Waals surface area contributed by atoms with Gasteiger partial charge in [-0.3, -0.25) is 9.58 Å². The summed E-state index contributed by atoms with van der Waals surface area (Å²) in [6, 6.07) is 8.46. The van der Waals surface area contributed by atoms with Gasteiger partial charge in [-0.2, -0.15) is 10.4 Å². The van der Waals surface area contributed by atoms with E-state index in [0.29, 0.717) is 134 Å². The Morgan fingerprint density at radius 2 is 1.38 bits per heavy atom. The van der Waals surface area contributed by atoms with Gasteiger partial charge in [0.15, 0.2) is 0 Å². The van der Waals surface area contributed by atoms with E-state index in [1.165, 1.54) is 6.33 Å². The van der Waals surface area contributed by atoms with Crippen LogP contribution in [0.2, 0.25) is 0 Å². The third-order valence-electron chi connectivity index (χ3n) is 10.6. The first-order chi connectivity index (χ1) is 31.6. The molecule has 1 aromatic carbocycles. The molecule has 1 atom stereocenters. The highest BCUT2D eigenvalue weighted by molar-refractivity contribution is 5.67. The summed E-state index contributed by atoms with van der Waals surface area (Å²) in [5.41, 5.74) is 2.68. The zero-order valence-electron chi connectivity index (χ0n) is 37.2. The van der Waals surface area contributed by atoms with Crippen LogP contribution < -0.4 is 14.8 Å². The van der Waals surface area contributed by atoms with Crippen LogP contribution in [-0.2, 0) is 44.4 Å². The van der Waals surface area contributed by atoms with Crippen molar-refractivity contribution in [1.82, 2.24) is 39.4 Å². The standard InChI is InChI=1S/C44H64N10O10/c1-35(31-53-34-46-33-49-53)64-42-27-36(3-4-37(42)28-45)38-29-47-44(48-30-38)50-41-32-54(40-7-5-39(6-8-40)52-9-11-56-12-10-52)51-43(41)63-26-25-62-24-23-61-22-21-60-20-19-59-18-17-58-16-15-57-14-13-55-2/h3-4,27,29-30,32-35,39-40H,5-26,31H2,1-2H3,(H,47,48,50)/t35-,39-,40-/m0/s1. The number of morpholine rings is 1. The Labute approximate surface area is 375 Å². The zero-order valence-corrected chi connectivity index (χ0v) is 37.2. The van der Waals surface area contributed by atoms with Crippen LogP contribution in [-0.4, -0.2) is 177 Å². The second-order valence-electron chi connectivity index (χ2n) is 15.2. The summed E-state index contributed by atoms with van der Waals surface area (Å²) in [7, 11) is 1.65. The lowest BCUT2D eigenvalue weighted by molar-refractivity contribution is -0.0199. The van der Waals surface area contributed by atoms with Gasteiger partial charge in [0.05, 0.1) is 123 Å². The van der Waals surface area contributed by atoms with E-state index in [1.807, 2.05) is 29.9 Å². The number of rotatable bonds is 31. The molecule has 20 nitrogen and oxygen atoms in total. The van der Waals surface area contributed by atoms with Gasteiger partial charge in [-0.15, -0.1) is 5.10 Å². The summed E-state index contributed by atoms with van der Waals surface area (Å²) in [6.07, 6.45) is 12.6. The van der Waals surface area contributed by atoms with E-state index in [9.17, 15) is 5.26 Å². The molecular weight excluding hydrogens is 829 g/mol. The van der Waals surface area contributed by atoms with E-state index in [2.05, 4.69) is 36.3 Å². The lowest BCUT2D eigenvalue weighted by atomic mass is 9.90. The van der Waals surface area contributed by atoms with E-state index in [0.717, 1.165) is 63.1 Å². The Morgan fingerprint density at radius 1 is 0.781 bits per heavy atom. The third-order valence-corrected chi connectivity index (χ3v) is 10.6. The van der Waals surface area contributed by atoms with E-state index in [-0.39, 0.29) is 12.1 Å². The van der Waals surface area contributed by atoms with Crippen LogP contribution >= 0.6 is 0 Å². The number of methoxy groups -OCH3 is 1. The topological polar surface area (TPSA) is 206 Å². The number of anilines is 2. The summed E-state index contributed by atoms with van der Waals surface area (Å²) in [4.78, 5) is 15.8. The first-order valence-corrected chi connectivity index (χ1v) is 22.2. The Bertz CT molecular complexity index is 1900. The molecule has 2 fully saturated rings. The van der Waals surface area contributed by atoms with Crippen LogP contribution in [0.5, 0.6) is 11.6 Å². The maximum atomic E-state index is 9.75. The molecule has 3 aromatic heterocycles. The largest absolute Gasteiger partial charge is 0.487 e. The molecule has 350 valence electrons. The minimum Gasteiger partial charge on any atom is -0.487 e. The number of hydrogen-bond donors (Lipinski definition) is 1. The predicted molar refractivity (Wildman–Crippen MR) is 234 cm³/mol. The number of nitrogens with one attached hydrogen (secondary N) is 1. The Hall–Kier alpha value is -4.82. The van der Waals surface area contributed by atoms with Crippen molar-refractivity contribution in [3.05, 3.63) is 55.0 Å². The quantitative estimate of drug-likeness (QED) is 0.0710. The normalized spacial score (nSPS) is 17.3. The summed E-state index contributed by atoms with van der Waals surface area (Å²) in [5, 5.41) is 22.1. The summed E-state index contributed by atoms with van der Waals surface area (Å²) in [6.45, 7) is 12.7. The molecule has 0 unspecified atom stereocenters. The average Bonchev–Trinajstić information content (AvgIpc) is 4.00. The van der Waals surface area contributed by atoms with Crippen LogP contribution in [0, 0.1) is 11.3 Å².